The summed E-state index contributed by atoms with van der Waals surface area (Å²) in [6, 6.07) is -0.882. The minimum atomic E-state index is -4.59. The molecule has 0 aromatic carbocycles. The number of nitrogens with one attached hydrogen (secondary N) is 1. The van der Waals surface area contributed by atoms with Crippen molar-refractivity contribution in [1.82, 2.24) is 5.32 Å². The summed E-state index contributed by atoms with van der Waals surface area (Å²) < 4.78 is 23.4. The zero-order chi connectivity index (χ0) is 52.0. The summed E-state index contributed by atoms with van der Waals surface area (Å²) in [6.07, 6.45) is 67.5. The monoisotopic (exact) mass is 1020 g/mol. The van der Waals surface area contributed by atoms with Gasteiger partial charge in [0.25, 0.3) is 7.82 Å². The van der Waals surface area contributed by atoms with Crippen molar-refractivity contribution in [2.45, 2.75) is 341 Å². The molecule has 1 unspecified atom stereocenters. The molecule has 0 radical (unpaired) electrons. The number of carbonyl (C=O) groups is 1. The number of allylic oxidation sites excluding steroid dienone is 1. The van der Waals surface area contributed by atoms with E-state index in [4.69, 9.17) is 9.05 Å². The van der Waals surface area contributed by atoms with Crippen molar-refractivity contribution in [3.8, 4) is 0 Å². The molecule has 0 fully saturated rings. The number of likely N-dealkylation sites (N-methyl/N-ethyl adjacent to an activating group) is 1. The molecule has 3 atom stereocenters. The highest BCUT2D eigenvalue weighted by Gasteiger charge is 2.23. The van der Waals surface area contributed by atoms with Gasteiger partial charge < -0.3 is 28.8 Å². The van der Waals surface area contributed by atoms with E-state index in [0.717, 1.165) is 38.5 Å². The molecule has 2 N–H and O–H groups in total. The van der Waals surface area contributed by atoms with Gasteiger partial charge in [-0.1, -0.05) is 315 Å². The summed E-state index contributed by atoms with van der Waals surface area (Å²) in [5, 5.41) is 13.9. The van der Waals surface area contributed by atoms with Gasteiger partial charge in [0, 0.05) is 6.42 Å². The van der Waals surface area contributed by atoms with Crippen LogP contribution in [0.1, 0.15) is 328 Å². The van der Waals surface area contributed by atoms with E-state index in [-0.39, 0.29) is 19.1 Å². The second-order valence-electron chi connectivity index (χ2n) is 23.1. The average Bonchev–Trinajstić information content (AvgIpc) is 3.33. The first kappa shape index (κ1) is 70.2. The minimum absolute atomic E-state index is 0.00266. The lowest BCUT2D eigenvalue weighted by molar-refractivity contribution is -0.870. The Kier molecular flexibility index (Phi) is 53.5. The highest BCUT2D eigenvalue weighted by atomic mass is 31.2. The van der Waals surface area contributed by atoms with Gasteiger partial charge in [0.05, 0.1) is 39.9 Å². The fourth-order valence-electron chi connectivity index (χ4n) is 9.81. The Bertz CT molecular complexity index is 1160. The Morgan fingerprint density at radius 1 is 0.479 bits per heavy atom. The number of carbonyl (C=O) groups excluding carboxylic acids is 1. The first-order valence-corrected chi connectivity index (χ1v) is 33.0. The van der Waals surface area contributed by atoms with Gasteiger partial charge >= 0.3 is 0 Å². The van der Waals surface area contributed by atoms with Crippen LogP contribution in [0.4, 0.5) is 0 Å². The lowest BCUT2D eigenvalue weighted by Gasteiger charge is -2.29. The highest BCUT2D eigenvalue weighted by Crippen LogP contribution is 2.38. The lowest BCUT2D eigenvalue weighted by Crippen LogP contribution is -2.45. The third kappa shape index (κ3) is 56.8. The Morgan fingerprint density at radius 2 is 0.761 bits per heavy atom. The molecule has 0 aromatic heterocycles. The molecule has 0 aromatic rings. The van der Waals surface area contributed by atoms with E-state index in [1.807, 2.05) is 27.2 Å². The number of aliphatic hydroxyl groups is 1. The van der Waals surface area contributed by atoms with E-state index >= 15 is 0 Å². The van der Waals surface area contributed by atoms with Crippen LogP contribution >= 0.6 is 7.82 Å². The van der Waals surface area contributed by atoms with Crippen molar-refractivity contribution in [1.29, 1.82) is 0 Å². The SMILES string of the molecule is CCCCCCCCCCCCCCCC/C=C/[C@@H](O)[C@H](COP(=O)([O-])OCC[N+](C)(C)C)NC(=O)CCCCCCCCCCCCCCCCCCCCCCCCCCCCCCCCCCC. The van der Waals surface area contributed by atoms with Crippen molar-refractivity contribution in [3.05, 3.63) is 12.2 Å². The van der Waals surface area contributed by atoms with E-state index < -0.39 is 20.0 Å². The summed E-state index contributed by atoms with van der Waals surface area (Å²) in [5.74, 6) is -0.189. The summed E-state index contributed by atoms with van der Waals surface area (Å²) in [6.45, 7) is 4.70. The van der Waals surface area contributed by atoms with Gasteiger partial charge in [-0.05, 0) is 19.3 Å². The molecule has 0 saturated heterocycles. The smallest absolute Gasteiger partial charge is 0.268 e. The second kappa shape index (κ2) is 54.0. The number of rotatable bonds is 59. The fourth-order valence-corrected chi connectivity index (χ4v) is 10.5. The van der Waals surface area contributed by atoms with Crippen LogP contribution in [-0.2, 0) is 18.4 Å². The maximum absolute atomic E-state index is 13.0. The molecule has 0 saturated carbocycles. The van der Waals surface area contributed by atoms with Crippen molar-refractivity contribution >= 4 is 13.7 Å². The molecule has 0 aliphatic rings. The molecular weight excluding hydrogens is 900 g/mol. The minimum Gasteiger partial charge on any atom is -0.756 e. The van der Waals surface area contributed by atoms with Crippen LogP contribution in [0.3, 0.4) is 0 Å². The Hall–Kier alpha value is -0.760. The summed E-state index contributed by atoms with van der Waals surface area (Å²) in [4.78, 5) is 25.5. The number of phosphoric acid groups is 1. The zero-order valence-electron chi connectivity index (χ0n) is 48.5. The molecule has 0 bridgehead atoms. The molecule has 71 heavy (non-hydrogen) atoms. The van der Waals surface area contributed by atoms with Crippen molar-refractivity contribution in [3.63, 3.8) is 0 Å². The Labute approximate surface area is 443 Å². The third-order valence-corrected chi connectivity index (χ3v) is 15.7. The van der Waals surface area contributed by atoms with E-state index in [0.29, 0.717) is 17.4 Å². The van der Waals surface area contributed by atoms with Crippen LogP contribution in [0.25, 0.3) is 0 Å². The fraction of sp³-hybridized carbons (Fsp3) is 0.952. The Balaban J connectivity index is 3.97. The molecule has 9 heteroatoms. The van der Waals surface area contributed by atoms with E-state index in [2.05, 4.69) is 19.2 Å². The summed E-state index contributed by atoms with van der Waals surface area (Å²) in [7, 11) is 1.28. The number of hydrogen-bond donors (Lipinski definition) is 2. The molecule has 8 nitrogen and oxygen atoms in total. The maximum Gasteiger partial charge on any atom is 0.268 e. The summed E-state index contributed by atoms with van der Waals surface area (Å²) >= 11 is 0. The summed E-state index contributed by atoms with van der Waals surface area (Å²) in [5.41, 5.74) is 0. The molecule has 0 aliphatic carbocycles. The first-order chi connectivity index (χ1) is 34.5. The molecule has 0 spiro atoms. The van der Waals surface area contributed by atoms with E-state index in [1.165, 1.54) is 270 Å². The van der Waals surface area contributed by atoms with Crippen LogP contribution in [-0.4, -0.2) is 68.5 Å². The number of phosphoric ester groups is 1. The predicted octanol–water partition coefficient (Wildman–Crippen LogP) is 18.8. The van der Waals surface area contributed by atoms with E-state index in [9.17, 15) is 19.4 Å². The van der Waals surface area contributed by atoms with Gasteiger partial charge in [-0.25, -0.2) is 0 Å². The number of hydrogen-bond acceptors (Lipinski definition) is 6. The van der Waals surface area contributed by atoms with Crippen LogP contribution in [0.2, 0.25) is 0 Å². The average molecular weight is 1030 g/mol. The molecule has 0 heterocycles. The van der Waals surface area contributed by atoms with Crippen LogP contribution in [0, 0.1) is 0 Å². The molecule has 0 rings (SSSR count). The quantitative estimate of drug-likeness (QED) is 0.0272. The standard InChI is InChI=1S/C62H125N2O6P/c1-6-8-10-12-14-16-18-20-22-24-25-26-27-28-29-30-31-32-33-34-35-36-37-38-39-40-42-44-46-48-50-52-54-56-62(66)63-60(59-70-71(67,68)69-58-57-64(3,4)5)61(65)55-53-51-49-47-45-43-41-23-21-19-17-15-13-11-9-7-2/h53,55,60-61,65H,6-52,54,56-59H2,1-5H3,(H-,63,66,67,68)/b55-53+/t60-,61+/m0/s1. The lowest BCUT2D eigenvalue weighted by atomic mass is 10.0. The van der Waals surface area contributed by atoms with Crippen LogP contribution < -0.4 is 10.2 Å². The highest BCUT2D eigenvalue weighted by molar-refractivity contribution is 7.45. The van der Waals surface area contributed by atoms with Crippen molar-refractivity contribution in [2.75, 3.05) is 40.9 Å². The molecule has 0 aliphatic heterocycles. The predicted molar refractivity (Wildman–Crippen MR) is 307 cm³/mol. The van der Waals surface area contributed by atoms with Gasteiger partial charge in [0.15, 0.2) is 0 Å². The number of unbranched alkanes of at least 4 members (excludes halogenated alkanes) is 46. The Morgan fingerprint density at radius 3 is 1.06 bits per heavy atom. The van der Waals surface area contributed by atoms with Gasteiger partial charge in [-0.2, -0.15) is 0 Å². The molecule has 1 amide bonds. The number of quaternary nitrogens is 1. The van der Waals surface area contributed by atoms with Gasteiger partial charge in [0.2, 0.25) is 5.91 Å². The van der Waals surface area contributed by atoms with E-state index in [1.54, 1.807) is 6.08 Å². The normalized spacial score (nSPS) is 13.8. The van der Waals surface area contributed by atoms with Gasteiger partial charge in [-0.3, -0.25) is 9.36 Å². The zero-order valence-corrected chi connectivity index (χ0v) is 49.4. The number of nitrogens with zero attached hydrogens (tertiary/aromatic N) is 1. The third-order valence-electron chi connectivity index (χ3n) is 14.7. The maximum atomic E-state index is 13.0. The molecular formula is C62H125N2O6P. The van der Waals surface area contributed by atoms with Gasteiger partial charge in [-0.15, -0.1) is 0 Å². The van der Waals surface area contributed by atoms with Crippen LogP contribution in [0.5, 0.6) is 0 Å². The second-order valence-corrected chi connectivity index (χ2v) is 24.5. The topological polar surface area (TPSA) is 108 Å². The largest absolute Gasteiger partial charge is 0.756 e. The van der Waals surface area contributed by atoms with Crippen molar-refractivity contribution < 1.29 is 32.9 Å². The van der Waals surface area contributed by atoms with Crippen molar-refractivity contribution in [2.24, 2.45) is 0 Å². The van der Waals surface area contributed by atoms with Gasteiger partial charge in [0.1, 0.15) is 13.2 Å². The molecule has 424 valence electrons. The van der Waals surface area contributed by atoms with Crippen LogP contribution in [0.15, 0.2) is 12.2 Å². The number of amides is 1. The number of aliphatic hydroxyl groups excluding tert-OH is 1. The first-order valence-electron chi connectivity index (χ1n) is 31.6.